The second-order valence-corrected chi connectivity index (χ2v) is 20.8. The molecule has 2 aromatic carbocycles. The molecule has 5 rings (SSSR count). The molecular formula is C32H41N3O8SSi. The van der Waals surface area contributed by atoms with E-state index >= 15 is 0 Å². The Balaban J connectivity index is 1.54. The molecule has 2 unspecified atom stereocenters. The molecule has 45 heavy (non-hydrogen) atoms. The Bertz CT molecular complexity index is 1710. The molecule has 2 saturated carbocycles. The summed E-state index contributed by atoms with van der Waals surface area (Å²) in [5.74, 6) is 3.56. The van der Waals surface area contributed by atoms with Gasteiger partial charge in [-0.05, 0) is 88.3 Å². The van der Waals surface area contributed by atoms with Crippen LogP contribution in [-0.4, -0.2) is 63.0 Å². The van der Waals surface area contributed by atoms with Crippen LogP contribution in [0.25, 0.3) is 0 Å². The molecule has 2 N–H and O–H groups in total. The lowest BCUT2D eigenvalue weighted by molar-refractivity contribution is -0.384. The summed E-state index contributed by atoms with van der Waals surface area (Å²) in [5, 5.41) is 22.8. The summed E-state index contributed by atoms with van der Waals surface area (Å²) >= 11 is 0. The van der Waals surface area contributed by atoms with Crippen molar-refractivity contribution in [1.82, 2.24) is 4.72 Å². The van der Waals surface area contributed by atoms with Gasteiger partial charge in [-0.25, -0.2) is 17.9 Å². The minimum absolute atomic E-state index is 0.0232. The number of carbonyl (C=O) groups excluding carboxylic acids is 1. The van der Waals surface area contributed by atoms with Gasteiger partial charge in [0.1, 0.15) is 25.0 Å². The predicted molar refractivity (Wildman–Crippen MR) is 172 cm³/mol. The van der Waals surface area contributed by atoms with Crippen LogP contribution in [0.5, 0.6) is 5.75 Å². The van der Waals surface area contributed by atoms with Crippen LogP contribution < -0.4 is 14.4 Å². The summed E-state index contributed by atoms with van der Waals surface area (Å²) in [4.78, 5) is 26.0. The van der Waals surface area contributed by atoms with E-state index in [0.29, 0.717) is 37.1 Å². The number of anilines is 1. The zero-order chi connectivity index (χ0) is 33.2. The topological polar surface area (TPSA) is 148 Å². The first kappa shape index (κ1) is 32.9. The minimum atomic E-state index is -4.00. The van der Waals surface area contributed by atoms with E-state index in [9.17, 15) is 28.4 Å². The van der Waals surface area contributed by atoms with Gasteiger partial charge >= 0.3 is 6.09 Å². The molecule has 1 heterocycles. The highest BCUT2D eigenvalue weighted by atomic mass is 32.2. The summed E-state index contributed by atoms with van der Waals surface area (Å²) < 4.78 is 40.6. The lowest BCUT2D eigenvalue weighted by Crippen LogP contribution is -2.50. The van der Waals surface area contributed by atoms with Crippen LogP contribution in [0.1, 0.15) is 52.0 Å². The normalized spacial score (nSPS) is 26.9. The van der Waals surface area contributed by atoms with E-state index in [2.05, 4.69) is 35.8 Å². The number of rotatable bonds is 7. The van der Waals surface area contributed by atoms with Crippen molar-refractivity contribution in [1.29, 1.82) is 0 Å². The van der Waals surface area contributed by atoms with E-state index in [1.54, 1.807) is 18.1 Å². The molecule has 2 fully saturated rings. The first-order valence-corrected chi connectivity index (χ1v) is 20.0. The van der Waals surface area contributed by atoms with Gasteiger partial charge < -0.3 is 14.6 Å². The Morgan fingerprint density at radius 2 is 1.84 bits per heavy atom. The molecule has 3 aliphatic rings. The van der Waals surface area contributed by atoms with E-state index in [4.69, 9.17) is 9.47 Å². The molecule has 1 aliphatic heterocycles. The Labute approximate surface area is 265 Å². The maximum absolute atomic E-state index is 13.9. The second-order valence-electron chi connectivity index (χ2n) is 14.3. The van der Waals surface area contributed by atoms with Crippen LogP contribution in [0.15, 0.2) is 47.4 Å². The Kier molecular flexibility index (Phi) is 7.92. The molecule has 4 atom stereocenters. The van der Waals surface area contributed by atoms with Crippen LogP contribution in [0.4, 0.5) is 16.2 Å². The molecule has 1 amide bonds. The number of hydrogen-bond donors (Lipinski definition) is 2. The van der Waals surface area contributed by atoms with E-state index in [1.807, 2.05) is 32.9 Å². The number of methoxy groups -OCH3 is 1. The van der Waals surface area contributed by atoms with Crippen molar-refractivity contribution >= 4 is 35.6 Å². The molecule has 11 nitrogen and oxygen atoms in total. The lowest BCUT2D eigenvalue weighted by atomic mass is 9.82. The number of benzene rings is 2. The largest absolute Gasteiger partial charge is 0.497 e. The number of nitrogens with one attached hydrogen (secondary N) is 1. The van der Waals surface area contributed by atoms with E-state index in [-0.39, 0.29) is 23.0 Å². The molecular weight excluding hydrogens is 615 g/mol. The van der Waals surface area contributed by atoms with E-state index < -0.39 is 51.3 Å². The van der Waals surface area contributed by atoms with Crippen molar-refractivity contribution in [3.8, 4) is 17.2 Å². The predicted octanol–water partition coefficient (Wildman–Crippen LogP) is 5.13. The van der Waals surface area contributed by atoms with Gasteiger partial charge in [0.2, 0.25) is 10.0 Å². The second kappa shape index (κ2) is 10.8. The zero-order valence-electron chi connectivity index (χ0n) is 26.8. The Morgan fingerprint density at radius 3 is 2.42 bits per heavy atom. The molecule has 13 heteroatoms. The molecule has 0 aromatic heterocycles. The fourth-order valence-electron chi connectivity index (χ4n) is 7.27. The molecule has 242 valence electrons. The fourth-order valence-corrected chi connectivity index (χ4v) is 8.91. The fraction of sp³-hybridized carbons (Fsp3) is 0.531. The SMILES string of the molecule is COc1ccc2c(c1)[C@@]1(CCNS(=O)(=O)c3ccc([N+](=O)[O-])cc3)C3CC(O)(C#C[Si](C)(C)C)CC[C@@]31N2C(=O)OC(C)(C)C. The van der Waals surface area contributed by atoms with E-state index in [1.165, 1.54) is 12.1 Å². The molecule has 2 aromatic rings. The van der Waals surface area contributed by atoms with Crippen molar-refractivity contribution < 1.29 is 32.7 Å². The highest BCUT2D eigenvalue weighted by molar-refractivity contribution is 7.89. The third kappa shape index (κ3) is 5.73. The molecule has 2 aliphatic carbocycles. The highest BCUT2D eigenvalue weighted by Crippen LogP contribution is 2.79. The van der Waals surface area contributed by atoms with Crippen LogP contribution in [0.2, 0.25) is 19.6 Å². The smallest absolute Gasteiger partial charge is 0.415 e. The van der Waals surface area contributed by atoms with Crippen molar-refractivity contribution in [3.63, 3.8) is 0 Å². The van der Waals surface area contributed by atoms with Crippen LogP contribution in [0, 0.1) is 27.5 Å². The van der Waals surface area contributed by atoms with Crippen molar-refractivity contribution in [2.45, 2.75) is 93.1 Å². The average molecular weight is 656 g/mol. The zero-order valence-corrected chi connectivity index (χ0v) is 28.6. The number of fused-ring (bicyclic) bond motifs is 3. The third-order valence-corrected chi connectivity index (χ3v) is 11.4. The third-order valence-electron chi connectivity index (χ3n) is 9.06. The number of nitro benzene ring substituents is 1. The number of amides is 1. The number of hydrogen-bond acceptors (Lipinski definition) is 8. The first-order valence-electron chi connectivity index (χ1n) is 15.0. The first-order chi connectivity index (χ1) is 20.8. The number of non-ortho nitro benzene ring substituents is 1. The Morgan fingerprint density at radius 1 is 1.18 bits per heavy atom. The van der Waals surface area contributed by atoms with Gasteiger partial charge in [-0.1, -0.05) is 25.6 Å². The summed E-state index contributed by atoms with van der Waals surface area (Å²) in [6, 6.07) is 10.2. The maximum Gasteiger partial charge on any atom is 0.415 e. The number of nitro groups is 1. The van der Waals surface area contributed by atoms with Gasteiger partial charge in [0, 0.05) is 24.1 Å². The summed E-state index contributed by atoms with van der Waals surface area (Å²) in [6.45, 7) is 11.8. The summed E-state index contributed by atoms with van der Waals surface area (Å²) in [7, 11) is -4.23. The number of aliphatic hydroxyl groups is 1. The lowest BCUT2D eigenvalue weighted by Gasteiger charge is -2.38. The van der Waals surface area contributed by atoms with Crippen molar-refractivity contribution in [2.24, 2.45) is 5.92 Å². The van der Waals surface area contributed by atoms with Gasteiger partial charge in [0.15, 0.2) is 0 Å². The van der Waals surface area contributed by atoms with Crippen LogP contribution in [-0.2, 0) is 20.2 Å². The highest BCUT2D eigenvalue weighted by Gasteiger charge is 2.85. The van der Waals surface area contributed by atoms with Gasteiger partial charge in [-0.2, -0.15) is 0 Å². The Hall–Kier alpha value is -3.44. The maximum atomic E-state index is 13.9. The van der Waals surface area contributed by atoms with Crippen LogP contribution >= 0.6 is 0 Å². The monoisotopic (exact) mass is 655 g/mol. The van der Waals surface area contributed by atoms with E-state index in [0.717, 1.165) is 17.7 Å². The number of ether oxygens (including phenoxy) is 2. The molecule has 0 saturated heterocycles. The van der Waals surface area contributed by atoms with Gasteiger partial charge in [-0.3, -0.25) is 15.0 Å². The molecule has 0 radical (unpaired) electrons. The molecule has 0 bridgehead atoms. The minimum Gasteiger partial charge on any atom is -0.497 e. The summed E-state index contributed by atoms with van der Waals surface area (Å²) in [5.41, 5.74) is 1.17. The quantitative estimate of drug-likeness (QED) is 0.181. The van der Waals surface area contributed by atoms with Crippen molar-refractivity contribution in [2.75, 3.05) is 18.6 Å². The van der Waals surface area contributed by atoms with Gasteiger partial charge in [0.05, 0.1) is 28.2 Å². The number of sulfonamides is 1. The number of nitrogens with zero attached hydrogens (tertiary/aromatic N) is 2. The molecule has 1 spiro atoms. The van der Waals surface area contributed by atoms with Gasteiger partial charge in [-0.15, -0.1) is 5.54 Å². The summed E-state index contributed by atoms with van der Waals surface area (Å²) in [6.07, 6.45) is 0.932. The van der Waals surface area contributed by atoms with Crippen LogP contribution in [0.3, 0.4) is 0 Å². The van der Waals surface area contributed by atoms with Crippen molar-refractivity contribution in [3.05, 3.63) is 58.1 Å². The van der Waals surface area contributed by atoms with Gasteiger partial charge in [0.25, 0.3) is 5.69 Å². The standard InChI is InChI=1S/C32H41N3O8SSi/c1-29(2,3)43-28(36)34-26-13-10-23(42-4)20-25(26)31(16-18-33-44(40,41)24-11-8-22(9-12-24)35(38)39)27-21-30(37,14-15-32(27,31)34)17-19-45(5,6)7/h8-13,20,27,33,37H,14-16,18,21H2,1-7H3/t27?,30?,31-,32+/m0/s1. The average Bonchev–Trinajstić information content (AvgIpc) is 3.41. The number of carbonyl (C=O) groups is 1.